The van der Waals surface area contributed by atoms with Gasteiger partial charge in [0.1, 0.15) is 11.6 Å². The molecule has 4 rings (SSSR count). The molecule has 8 heteroatoms. The molecule has 0 fully saturated rings. The van der Waals surface area contributed by atoms with Gasteiger partial charge < -0.3 is 10.1 Å². The van der Waals surface area contributed by atoms with Crippen LogP contribution in [0.2, 0.25) is 0 Å². The normalized spacial score (nSPS) is 11.2. The number of anilines is 1. The summed E-state index contributed by atoms with van der Waals surface area (Å²) in [7, 11) is 0. The molecule has 4 aromatic rings. The van der Waals surface area contributed by atoms with Crippen LogP contribution in [0.15, 0.2) is 81.1 Å². The zero-order valence-electron chi connectivity index (χ0n) is 19.5. The number of ether oxygens (including phenoxy) is 1. The number of benzene rings is 3. The third kappa shape index (κ3) is 6.02. The number of amides is 1. The lowest BCUT2D eigenvalue weighted by Gasteiger charge is -2.10. The van der Waals surface area contributed by atoms with Gasteiger partial charge in [-0.25, -0.2) is 4.98 Å². The van der Waals surface area contributed by atoms with Gasteiger partial charge in [0.2, 0.25) is 0 Å². The van der Waals surface area contributed by atoms with Gasteiger partial charge in [-0.15, -0.1) is 0 Å². The third-order valence-electron chi connectivity index (χ3n) is 5.34. The summed E-state index contributed by atoms with van der Waals surface area (Å²) in [4.78, 5) is 29.9. The van der Waals surface area contributed by atoms with E-state index in [0.29, 0.717) is 28.9 Å². The second-order valence-electron chi connectivity index (χ2n) is 8.02. The highest BCUT2D eigenvalue weighted by Gasteiger charge is 2.10. The summed E-state index contributed by atoms with van der Waals surface area (Å²) in [5.74, 6) is 0.939. The minimum atomic E-state index is -0.233. The van der Waals surface area contributed by atoms with E-state index in [1.54, 1.807) is 24.4 Å². The third-order valence-corrected chi connectivity index (χ3v) is 5.83. The maximum Gasteiger partial charge on any atom is 0.282 e. The first-order valence-corrected chi connectivity index (χ1v) is 12.1. The van der Waals surface area contributed by atoms with E-state index in [9.17, 15) is 9.59 Å². The van der Waals surface area contributed by atoms with Crippen LogP contribution in [0.4, 0.5) is 5.69 Å². The molecule has 1 N–H and O–H groups in total. The number of nitrogens with zero attached hydrogens (tertiary/aromatic N) is 3. The van der Waals surface area contributed by atoms with Crippen LogP contribution < -0.4 is 15.6 Å². The number of rotatable bonds is 8. The van der Waals surface area contributed by atoms with Gasteiger partial charge in [-0.1, -0.05) is 41.1 Å². The summed E-state index contributed by atoms with van der Waals surface area (Å²) in [5, 5.41) is 7.77. The monoisotopic (exact) mass is 532 g/mol. The molecule has 1 aromatic heterocycles. The summed E-state index contributed by atoms with van der Waals surface area (Å²) < 4.78 is 7.77. The predicted molar refractivity (Wildman–Crippen MR) is 142 cm³/mol. The van der Waals surface area contributed by atoms with Gasteiger partial charge in [-0.2, -0.15) is 9.78 Å². The molecule has 35 heavy (non-hydrogen) atoms. The Morgan fingerprint density at radius 1 is 1.14 bits per heavy atom. The van der Waals surface area contributed by atoms with E-state index in [-0.39, 0.29) is 18.1 Å². The highest BCUT2D eigenvalue weighted by Crippen LogP contribution is 2.17. The molecule has 0 radical (unpaired) electrons. The fourth-order valence-electron chi connectivity index (χ4n) is 3.52. The topological polar surface area (TPSA) is 85.6 Å². The highest BCUT2D eigenvalue weighted by molar-refractivity contribution is 9.10. The number of halogens is 1. The van der Waals surface area contributed by atoms with Crippen LogP contribution in [0.1, 0.15) is 30.3 Å². The van der Waals surface area contributed by atoms with Gasteiger partial charge in [-0.05, 0) is 73.0 Å². The molecule has 0 aliphatic heterocycles. The summed E-state index contributed by atoms with van der Waals surface area (Å²) in [6, 6.07) is 20.2. The van der Waals surface area contributed by atoms with E-state index < -0.39 is 0 Å². The molecule has 0 saturated heterocycles. The van der Waals surface area contributed by atoms with Gasteiger partial charge in [0.05, 0.1) is 17.1 Å². The standard InChI is InChI=1S/C27H25BrN4O3/c1-3-6-25-30-24-14-11-20(28)15-22(24)27(34)32(25)29-16-19-9-12-21(13-10-19)35-17-26(33)31-23-8-5-4-7-18(23)2/h4-5,7-16H,3,6,17H2,1-2H3,(H,31,33). The van der Waals surface area contributed by atoms with Crippen molar-refractivity contribution in [2.45, 2.75) is 26.7 Å². The summed E-state index contributed by atoms with van der Waals surface area (Å²) in [5.41, 5.74) is 2.97. The maximum atomic E-state index is 13.1. The van der Waals surface area contributed by atoms with E-state index in [0.717, 1.165) is 27.7 Å². The Balaban J connectivity index is 1.46. The van der Waals surface area contributed by atoms with E-state index >= 15 is 0 Å². The van der Waals surface area contributed by atoms with Crippen molar-refractivity contribution in [3.63, 3.8) is 0 Å². The molecule has 3 aromatic carbocycles. The first-order chi connectivity index (χ1) is 16.9. The highest BCUT2D eigenvalue weighted by atomic mass is 79.9. The van der Waals surface area contributed by atoms with E-state index in [4.69, 9.17) is 4.74 Å². The summed E-state index contributed by atoms with van der Waals surface area (Å²) >= 11 is 3.41. The van der Waals surface area contributed by atoms with Crippen molar-refractivity contribution < 1.29 is 9.53 Å². The summed E-state index contributed by atoms with van der Waals surface area (Å²) in [6.07, 6.45) is 3.09. The maximum absolute atomic E-state index is 13.1. The van der Waals surface area contributed by atoms with Crippen LogP contribution in [0.3, 0.4) is 0 Å². The van der Waals surface area contributed by atoms with Crippen LogP contribution in [0.25, 0.3) is 10.9 Å². The predicted octanol–water partition coefficient (Wildman–Crippen LogP) is 5.32. The molecular weight excluding hydrogens is 508 g/mol. The van der Waals surface area contributed by atoms with Crippen LogP contribution in [-0.2, 0) is 11.2 Å². The number of aryl methyl sites for hydroxylation is 2. The Morgan fingerprint density at radius 2 is 1.91 bits per heavy atom. The number of nitrogens with one attached hydrogen (secondary N) is 1. The lowest BCUT2D eigenvalue weighted by Crippen LogP contribution is -2.22. The Kier molecular flexibility index (Phi) is 7.72. The van der Waals surface area contributed by atoms with Crippen LogP contribution >= 0.6 is 15.9 Å². The number of para-hydroxylation sites is 1. The smallest absolute Gasteiger partial charge is 0.282 e. The first-order valence-electron chi connectivity index (χ1n) is 11.3. The lowest BCUT2D eigenvalue weighted by molar-refractivity contribution is -0.118. The molecule has 7 nitrogen and oxygen atoms in total. The number of hydrogen-bond donors (Lipinski definition) is 1. The second kappa shape index (κ2) is 11.1. The Labute approximate surface area is 211 Å². The van der Waals surface area contributed by atoms with E-state index in [2.05, 4.69) is 31.3 Å². The Morgan fingerprint density at radius 3 is 2.66 bits per heavy atom. The molecule has 0 saturated carbocycles. The molecule has 0 aliphatic rings. The van der Waals surface area contributed by atoms with Crippen LogP contribution in [-0.4, -0.2) is 28.4 Å². The van der Waals surface area contributed by atoms with E-state index in [1.165, 1.54) is 4.68 Å². The average Bonchev–Trinajstić information content (AvgIpc) is 2.85. The van der Waals surface area contributed by atoms with Gasteiger partial charge in [0.25, 0.3) is 11.5 Å². The summed E-state index contributed by atoms with van der Waals surface area (Å²) in [6.45, 7) is 3.87. The van der Waals surface area contributed by atoms with Crippen molar-refractivity contribution in [3.8, 4) is 5.75 Å². The zero-order valence-corrected chi connectivity index (χ0v) is 21.1. The van der Waals surface area contributed by atoms with Crippen molar-refractivity contribution in [1.29, 1.82) is 0 Å². The minimum Gasteiger partial charge on any atom is -0.484 e. The van der Waals surface area contributed by atoms with Crippen molar-refractivity contribution in [2.24, 2.45) is 5.10 Å². The number of carbonyl (C=O) groups is 1. The molecule has 1 amide bonds. The quantitative estimate of drug-likeness (QED) is 0.311. The SMILES string of the molecule is CCCc1nc2ccc(Br)cc2c(=O)n1N=Cc1ccc(OCC(=O)Nc2ccccc2C)cc1. The van der Waals surface area contributed by atoms with Crippen LogP contribution in [0, 0.1) is 6.92 Å². The number of carbonyl (C=O) groups excluding carboxylic acids is 1. The fraction of sp³-hybridized carbons (Fsp3) is 0.185. The van der Waals surface area contributed by atoms with Crippen LogP contribution in [0.5, 0.6) is 5.75 Å². The minimum absolute atomic E-state index is 0.101. The Hall–Kier alpha value is -3.78. The molecule has 0 aliphatic carbocycles. The Bertz CT molecular complexity index is 1450. The van der Waals surface area contributed by atoms with E-state index in [1.807, 2.05) is 62.4 Å². The molecule has 0 spiro atoms. The zero-order chi connectivity index (χ0) is 24.8. The number of hydrogen-bond acceptors (Lipinski definition) is 5. The molecule has 1 heterocycles. The first kappa shape index (κ1) is 24.3. The van der Waals surface area contributed by atoms with Gasteiger partial charge >= 0.3 is 0 Å². The average molecular weight is 533 g/mol. The fourth-order valence-corrected chi connectivity index (χ4v) is 3.88. The number of aromatic nitrogens is 2. The van der Waals surface area contributed by atoms with Gasteiger partial charge in [0, 0.05) is 16.6 Å². The van der Waals surface area contributed by atoms with Crippen molar-refractivity contribution >= 4 is 44.6 Å². The van der Waals surface area contributed by atoms with Gasteiger partial charge in [0.15, 0.2) is 6.61 Å². The number of fused-ring (bicyclic) bond motifs is 1. The molecular formula is C27H25BrN4O3. The molecule has 0 bridgehead atoms. The van der Waals surface area contributed by atoms with Gasteiger partial charge in [-0.3, -0.25) is 9.59 Å². The molecule has 0 unspecified atom stereocenters. The lowest BCUT2D eigenvalue weighted by atomic mass is 10.2. The van der Waals surface area contributed by atoms with Crippen molar-refractivity contribution in [1.82, 2.24) is 9.66 Å². The van der Waals surface area contributed by atoms with Crippen molar-refractivity contribution in [2.75, 3.05) is 11.9 Å². The van der Waals surface area contributed by atoms with Crippen molar-refractivity contribution in [3.05, 3.63) is 98.5 Å². The second-order valence-corrected chi connectivity index (χ2v) is 8.94. The largest absolute Gasteiger partial charge is 0.484 e. The molecule has 178 valence electrons. The molecule has 0 atom stereocenters.